The highest BCUT2D eigenvalue weighted by Crippen LogP contribution is 2.33. The average molecular weight is 369 g/mol. The van der Waals surface area contributed by atoms with Gasteiger partial charge in [0.15, 0.2) is 6.29 Å². The van der Waals surface area contributed by atoms with Gasteiger partial charge in [-0.15, -0.1) is 11.3 Å². The smallest absolute Gasteiger partial charge is 0.161 e. The zero-order chi connectivity index (χ0) is 17.8. The zero-order valence-corrected chi connectivity index (χ0v) is 15.5. The number of aryl methyl sites for hydroxylation is 1. The van der Waals surface area contributed by atoms with Gasteiger partial charge in [-0.25, -0.2) is 0 Å². The molecule has 0 aliphatic rings. The number of aldehydes is 1. The molecule has 0 aliphatic heterocycles. The lowest BCUT2D eigenvalue weighted by atomic mass is 10.2. The molecule has 2 aromatic carbocycles. The van der Waals surface area contributed by atoms with E-state index in [0.717, 1.165) is 33.3 Å². The molecule has 4 rings (SSSR count). The highest BCUT2D eigenvalue weighted by atomic mass is 35.5. The van der Waals surface area contributed by atoms with E-state index >= 15 is 0 Å². The molecule has 5 heteroatoms. The molecule has 0 bridgehead atoms. The summed E-state index contributed by atoms with van der Waals surface area (Å²) in [5, 5.41) is 5.85. The maximum Gasteiger partial charge on any atom is 0.161 e. The van der Waals surface area contributed by atoms with Crippen molar-refractivity contribution in [2.24, 2.45) is 0 Å². The van der Waals surface area contributed by atoms with Gasteiger partial charge in [-0.1, -0.05) is 48.0 Å². The van der Waals surface area contributed by atoms with Crippen LogP contribution < -0.4 is 5.32 Å². The number of carbonyl (C=O) groups excluding carboxylic acids is 1. The molecule has 0 unspecified atom stereocenters. The predicted octanol–water partition coefficient (Wildman–Crippen LogP) is 5.95. The van der Waals surface area contributed by atoms with E-state index in [2.05, 4.69) is 22.4 Å². The summed E-state index contributed by atoms with van der Waals surface area (Å²) < 4.78 is 1.06. The number of benzene rings is 2. The number of hydrogen-bond acceptors (Lipinski definition) is 4. The van der Waals surface area contributed by atoms with Crippen LogP contribution in [0.5, 0.6) is 0 Å². The van der Waals surface area contributed by atoms with Gasteiger partial charge in [-0.05, 0) is 25.1 Å². The highest BCUT2D eigenvalue weighted by Gasteiger charge is 2.07. The van der Waals surface area contributed by atoms with Crippen LogP contribution in [0.3, 0.4) is 0 Å². The standard InChI is InChI=1S/C11H12N2.C9H5ClOS/c1-8-6-7-9-4-3-5-10(12-2)11(9)13-8;10-9-6-3-1-2-4-7(6)12-8(9)5-11/h3-7,12H,1-2H3;1-5H. The molecule has 0 amide bonds. The normalized spacial score (nSPS) is 10.4. The molecule has 3 nitrogen and oxygen atoms in total. The van der Waals surface area contributed by atoms with Gasteiger partial charge in [0.05, 0.1) is 21.1 Å². The molecule has 0 aliphatic carbocycles. The first-order chi connectivity index (χ1) is 12.1. The third-order valence-electron chi connectivity index (χ3n) is 3.80. The number of nitrogens with one attached hydrogen (secondary N) is 1. The number of rotatable bonds is 2. The molecular weight excluding hydrogens is 352 g/mol. The van der Waals surface area contributed by atoms with Crippen LogP contribution in [0.4, 0.5) is 5.69 Å². The van der Waals surface area contributed by atoms with Crippen molar-refractivity contribution in [2.45, 2.75) is 6.92 Å². The minimum Gasteiger partial charge on any atom is -0.386 e. The molecule has 25 heavy (non-hydrogen) atoms. The molecule has 2 aromatic heterocycles. The summed E-state index contributed by atoms with van der Waals surface area (Å²) >= 11 is 7.36. The Morgan fingerprint density at radius 1 is 1.08 bits per heavy atom. The van der Waals surface area contributed by atoms with Crippen LogP contribution in [-0.4, -0.2) is 18.3 Å². The van der Waals surface area contributed by atoms with Crippen LogP contribution >= 0.6 is 22.9 Å². The molecule has 0 atom stereocenters. The number of hydrogen-bond donors (Lipinski definition) is 1. The Morgan fingerprint density at radius 3 is 2.60 bits per heavy atom. The largest absolute Gasteiger partial charge is 0.386 e. The second kappa shape index (κ2) is 7.64. The molecule has 0 radical (unpaired) electrons. The third-order valence-corrected chi connectivity index (χ3v) is 5.41. The van der Waals surface area contributed by atoms with Crippen molar-refractivity contribution >= 4 is 55.9 Å². The number of fused-ring (bicyclic) bond motifs is 2. The topological polar surface area (TPSA) is 42.0 Å². The fraction of sp³-hybridized carbons (Fsp3) is 0.100. The number of halogens is 1. The van der Waals surface area contributed by atoms with Gasteiger partial charge in [-0.3, -0.25) is 9.78 Å². The molecule has 0 spiro atoms. The van der Waals surface area contributed by atoms with Crippen LogP contribution in [0, 0.1) is 6.92 Å². The van der Waals surface area contributed by atoms with Crippen molar-refractivity contribution < 1.29 is 4.79 Å². The van der Waals surface area contributed by atoms with E-state index in [0.29, 0.717) is 9.90 Å². The van der Waals surface area contributed by atoms with Crippen LogP contribution in [0.1, 0.15) is 15.4 Å². The summed E-state index contributed by atoms with van der Waals surface area (Å²) in [7, 11) is 1.92. The minimum absolute atomic E-state index is 0.575. The van der Waals surface area contributed by atoms with Crippen molar-refractivity contribution in [1.82, 2.24) is 4.98 Å². The van der Waals surface area contributed by atoms with Gasteiger partial charge in [-0.2, -0.15) is 0 Å². The lowest BCUT2D eigenvalue weighted by molar-refractivity contribution is 0.112. The van der Waals surface area contributed by atoms with E-state index in [1.165, 1.54) is 16.7 Å². The summed E-state index contributed by atoms with van der Waals surface area (Å²) in [6, 6.07) is 18.0. The summed E-state index contributed by atoms with van der Waals surface area (Å²) in [4.78, 5) is 15.6. The maximum atomic E-state index is 10.5. The van der Waals surface area contributed by atoms with Gasteiger partial charge in [0.25, 0.3) is 0 Å². The van der Waals surface area contributed by atoms with E-state index < -0.39 is 0 Å². The third kappa shape index (κ3) is 3.65. The van der Waals surface area contributed by atoms with Crippen molar-refractivity contribution in [3.8, 4) is 0 Å². The molecule has 2 heterocycles. The van der Waals surface area contributed by atoms with Gasteiger partial charge in [0.2, 0.25) is 0 Å². The number of aromatic nitrogens is 1. The Kier molecular flexibility index (Phi) is 5.31. The van der Waals surface area contributed by atoms with E-state index in [1.807, 2.05) is 56.4 Å². The van der Waals surface area contributed by atoms with Crippen LogP contribution in [0.15, 0.2) is 54.6 Å². The first-order valence-corrected chi connectivity index (χ1v) is 9.00. The molecule has 0 saturated carbocycles. The van der Waals surface area contributed by atoms with Crippen molar-refractivity contribution in [2.75, 3.05) is 12.4 Å². The zero-order valence-electron chi connectivity index (χ0n) is 13.9. The Balaban J connectivity index is 0.000000146. The summed E-state index contributed by atoms with van der Waals surface area (Å²) in [6.45, 7) is 2.01. The van der Waals surface area contributed by atoms with Crippen molar-refractivity contribution in [3.63, 3.8) is 0 Å². The first kappa shape index (κ1) is 17.4. The van der Waals surface area contributed by atoms with Gasteiger partial charge in [0.1, 0.15) is 0 Å². The summed E-state index contributed by atoms with van der Waals surface area (Å²) in [5.74, 6) is 0. The molecule has 0 saturated heterocycles. The average Bonchev–Trinajstić information content (AvgIpc) is 2.98. The first-order valence-electron chi connectivity index (χ1n) is 7.80. The SMILES string of the molecule is CNc1cccc2ccc(C)nc12.O=Cc1sc2ccccc2c1Cl. The van der Waals surface area contributed by atoms with Gasteiger partial charge < -0.3 is 5.32 Å². The van der Waals surface area contributed by atoms with Crippen molar-refractivity contribution in [1.29, 1.82) is 0 Å². The number of thiophene rings is 1. The number of carbonyl (C=O) groups is 1. The Bertz CT molecular complexity index is 1040. The van der Waals surface area contributed by atoms with Crippen LogP contribution in [0.2, 0.25) is 5.02 Å². The van der Waals surface area contributed by atoms with E-state index in [-0.39, 0.29) is 0 Å². The van der Waals surface area contributed by atoms with Crippen LogP contribution in [-0.2, 0) is 0 Å². The quantitative estimate of drug-likeness (QED) is 0.444. The molecule has 126 valence electrons. The molecular formula is C20H17ClN2OS. The Morgan fingerprint density at radius 2 is 1.88 bits per heavy atom. The molecule has 1 N–H and O–H groups in total. The highest BCUT2D eigenvalue weighted by molar-refractivity contribution is 7.21. The van der Waals surface area contributed by atoms with Crippen molar-refractivity contribution in [3.05, 3.63) is 70.2 Å². The Labute approximate surface area is 155 Å². The maximum absolute atomic E-state index is 10.5. The number of nitrogens with zero attached hydrogens (tertiary/aromatic N) is 1. The lowest BCUT2D eigenvalue weighted by Crippen LogP contribution is -1.92. The fourth-order valence-electron chi connectivity index (χ4n) is 2.56. The molecule has 4 aromatic rings. The van der Waals surface area contributed by atoms with Crippen LogP contribution in [0.25, 0.3) is 21.0 Å². The van der Waals surface area contributed by atoms with E-state index in [1.54, 1.807) is 0 Å². The van der Waals surface area contributed by atoms with Gasteiger partial charge >= 0.3 is 0 Å². The number of pyridine rings is 1. The monoisotopic (exact) mass is 368 g/mol. The number of para-hydroxylation sites is 1. The second-order valence-electron chi connectivity index (χ2n) is 5.47. The van der Waals surface area contributed by atoms with E-state index in [4.69, 9.17) is 11.6 Å². The van der Waals surface area contributed by atoms with E-state index in [9.17, 15) is 4.79 Å². The predicted molar refractivity (Wildman–Crippen MR) is 108 cm³/mol. The second-order valence-corrected chi connectivity index (χ2v) is 6.94. The van der Waals surface area contributed by atoms with Gasteiger partial charge in [0, 0.05) is 28.2 Å². The lowest BCUT2D eigenvalue weighted by Gasteiger charge is -2.04. The summed E-state index contributed by atoms with van der Waals surface area (Å²) in [5.41, 5.74) is 3.18. The number of anilines is 1. The summed E-state index contributed by atoms with van der Waals surface area (Å²) in [6.07, 6.45) is 0.799. The fourth-order valence-corrected chi connectivity index (χ4v) is 3.85. The minimum atomic E-state index is 0.575. The Hall–Kier alpha value is -2.43. The molecule has 0 fully saturated rings.